The minimum Gasteiger partial charge on any atom is -0.493 e. The highest BCUT2D eigenvalue weighted by Gasteiger charge is 2.42. The van der Waals surface area contributed by atoms with E-state index >= 15 is 0 Å². The minimum absolute atomic E-state index is 0.398. The lowest BCUT2D eigenvalue weighted by molar-refractivity contribution is -0.139. The van der Waals surface area contributed by atoms with Crippen molar-refractivity contribution < 1.29 is 23.8 Å². The highest BCUT2D eigenvalue weighted by molar-refractivity contribution is 6.69. The zero-order valence-corrected chi connectivity index (χ0v) is 18.6. The van der Waals surface area contributed by atoms with Crippen molar-refractivity contribution in [3.05, 3.63) is 59.7 Å². The standard InChI is InChI=1S/C13H17NO2Si.C10H10O3/c1-17(2,3)16-13(10-14)8-9-15-12-7-5-4-6-11(12)13;11-10(12)8-5-6-13-9-4-2-1-3-7(8)9/h4-7H,8-9H2,1-3H3;1-4,8H,5-6H2,(H,11,12). The third-order valence-electron chi connectivity index (χ3n) is 4.95. The van der Waals surface area contributed by atoms with Gasteiger partial charge in [0, 0.05) is 17.5 Å². The highest BCUT2D eigenvalue weighted by Crippen LogP contribution is 2.41. The fourth-order valence-electron chi connectivity index (χ4n) is 3.73. The minimum atomic E-state index is -1.78. The summed E-state index contributed by atoms with van der Waals surface area (Å²) in [6.45, 7) is 7.33. The topological polar surface area (TPSA) is 88.8 Å². The molecule has 1 N–H and O–H groups in total. The number of fused-ring (bicyclic) bond motifs is 2. The number of aliphatic carboxylic acids is 1. The summed E-state index contributed by atoms with van der Waals surface area (Å²) < 4.78 is 17.1. The van der Waals surface area contributed by atoms with Crippen molar-refractivity contribution in [2.75, 3.05) is 13.2 Å². The average Bonchev–Trinajstić information content (AvgIpc) is 2.73. The summed E-state index contributed by atoms with van der Waals surface area (Å²) in [6, 6.07) is 17.3. The Labute approximate surface area is 178 Å². The molecule has 0 fully saturated rings. The third-order valence-corrected chi connectivity index (χ3v) is 5.91. The monoisotopic (exact) mass is 425 g/mol. The Morgan fingerprint density at radius 2 is 1.73 bits per heavy atom. The Morgan fingerprint density at radius 1 is 1.10 bits per heavy atom. The van der Waals surface area contributed by atoms with Crippen LogP contribution in [0.2, 0.25) is 19.6 Å². The second-order valence-corrected chi connectivity index (χ2v) is 12.7. The van der Waals surface area contributed by atoms with Gasteiger partial charge in [-0.25, -0.2) is 0 Å². The van der Waals surface area contributed by atoms with Crippen molar-refractivity contribution in [1.82, 2.24) is 0 Å². The van der Waals surface area contributed by atoms with Crippen LogP contribution in [0.3, 0.4) is 0 Å². The van der Waals surface area contributed by atoms with E-state index in [4.69, 9.17) is 19.0 Å². The maximum absolute atomic E-state index is 10.9. The van der Waals surface area contributed by atoms with Crippen molar-refractivity contribution in [1.29, 1.82) is 5.26 Å². The molecule has 0 spiro atoms. The molecule has 4 rings (SSSR count). The van der Waals surface area contributed by atoms with Gasteiger partial charge in [-0.05, 0) is 38.2 Å². The van der Waals surface area contributed by atoms with Gasteiger partial charge in [0.2, 0.25) is 0 Å². The Balaban J connectivity index is 0.000000177. The predicted molar refractivity (Wildman–Crippen MR) is 115 cm³/mol. The molecule has 7 heteroatoms. The number of nitrogens with zero attached hydrogens (tertiary/aromatic N) is 1. The number of rotatable bonds is 3. The zero-order valence-electron chi connectivity index (χ0n) is 17.6. The first-order valence-corrected chi connectivity index (χ1v) is 13.4. The van der Waals surface area contributed by atoms with Crippen LogP contribution in [0.15, 0.2) is 48.5 Å². The zero-order chi connectivity index (χ0) is 21.8. The summed E-state index contributed by atoms with van der Waals surface area (Å²) in [5.74, 6) is 0.320. The van der Waals surface area contributed by atoms with Gasteiger partial charge >= 0.3 is 5.97 Å². The Hall–Kier alpha value is -2.82. The van der Waals surface area contributed by atoms with Crippen LogP contribution in [0.4, 0.5) is 0 Å². The SMILES string of the molecule is C[Si](C)(C)OC1(C#N)CCOc2ccccc21.O=C(O)C1CCOc2ccccc21. The van der Waals surface area contributed by atoms with E-state index in [9.17, 15) is 10.1 Å². The average molecular weight is 426 g/mol. The number of carboxylic acids is 1. The Morgan fingerprint density at radius 3 is 2.40 bits per heavy atom. The van der Waals surface area contributed by atoms with Crippen molar-refractivity contribution in [2.45, 2.75) is 44.0 Å². The summed E-state index contributed by atoms with van der Waals surface area (Å²) in [7, 11) is -1.78. The molecule has 2 heterocycles. The highest BCUT2D eigenvalue weighted by atomic mass is 28.4. The smallest absolute Gasteiger partial charge is 0.311 e. The fraction of sp³-hybridized carbons (Fsp3) is 0.391. The molecule has 2 unspecified atom stereocenters. The maximum atomic E-state index is 10.9. The fourth-order valence-corrected chi connectivity index (χ4v) is 5.03. The van der Waals surface area contributed by atoms with Crippen molar-refractivity contribution >= 4 is 14.3 Å². The van der Waals surface area contributed by atoms with Gasteiger partial charge < -0.3 is 19.0 Å². The van der Waals surface area contributed by atoms with Gasteiger partial charge in [0.15, 0.2) is 13.9 Å². The number of hydrogen-bond donors (Lipinski definition) is 1. The van der Waals surface area contributed by atoms with Crippen LogP contribution in [0, 0.1) is 11.3 Å². The van der Waals surface area contributed by atoms with Crippen LogP contribution in [0.25, 0.3) is 0 Å². The first-order chi connectivity index (χ1) is 14.3. The van der Waals surface area contributed by atoms with Crippen LogP contribution < -0.4 is 9.47 Å². The van der Waals surface area contributed by atoms with Crippen LogP contribution in [-0.2, 0) is 14.8 Å². The van der Waals surface area contributed by atoms with Gasteiger partial charge in [-0.3, -0.25) is 4.79 Å². The molecule has 2 aliphatic heterocycles. The molecule has 2 atom stereocenters. The molecule has 0 aliphatic carbocycles. The lowest BCUT2D eigenvalue weighted by atomic mass is 9.90. The van der Waals surface area contributed by atoms with E-state index in [0.717, 1.165) is 16.9 Å². The molecule has 6 nitrogen and oxygen atoms in total. The molecule has 30 heavy (non-hydrogen) atoms. The molecular formula is C23H27NO5Si. The molecule has 2 aliphatic rings. The first kappa shape index (κ1) is 21.9. The van der Waals surface area contributed by atoms with Crippen molar-refractivity contribution in [3.63, 3.8) is 0 Å². The largest absolute Gasteiger partial charge is 0.493 e. The van der Waals surface area contributed by atoms with Gasteiger partial charge in [-0.2, -0.15) is 5.26 Å². The van der Waals surface area contributed by atoms with Crippen molar-refractivity contribution in [3.8, 4) is 17.6 Å². The van der Waals surface area contributed by atoms with E-state index in [-0.39, 0.29) is 0 Å². The van der Waals surface area contributed by atoms with E-state index in [1.165, 1.54) is 0 Å². The number of carboxylic acid groups (broad SMARTS) is 1. The van der Waals surface area contributed by atoms with Gasteiger partial charge in [0.05, 0.1) is 19.1 Å². The van der Waals surface area contributed by atoms with Gasteiger partial charge in [0.1, 0.15) is 17.6 Å². The summed E-state index contributed by atoms with van der Waals surface area (Å²) >= 11 is 0. The molecule has 158 valence electrons. The molecule has 0 amide bonds. The first-order valence-electron chi connectivity index (χ1n) is 10.0. The molecule has 0 radical (unpaired) electrons. The lowest BCUT2D eigenvalue weighted by Crippen LogP contribution is -2.42. The number of ether oxygens (including phenoxy) is 2. The summed E-state index contributed by atoms with van der Waals surface area (Å²) in [6.07, 6.45) is 1.16. The summed E-state index contributed by atoms with van der Waals surface area (Å²) in [5.41, 5.74) is 0.844. The maximum Gasteiger partial charge on any atom is 0.311 e. The molecular weight excluding hydrogens is 398 g/mol. The van der Waals surface area contributed by atoms with Crippen LogP contribution >= 0.6 is 0 Å². The third kappa shape index (κ3) is 4.83. The Bertz CT molecular complexity index is 949. The van der Waals surface area contributed by atoms with E-state index in [1.54, 1.807) is 0 Å². The summed E-state index contributed by atoms with van der Waals surface area (Å²) in [5, 5.41) is 18.5. The lowest BCUT2D eigenvalue weighted by Gasteiger charge is -2.37. The van der Waals surface area contributed by atoms with Crippen molar-refractivity contribution in [2.24, 2.45) is 0 Å². The number of nitriles is 1. The number of carbonyl (C=O) groups is 1. The Kier molecular flexibility index (Phi) is 6.49. The quantitative estimate of drug-likeness (QED) is 0.719. The van der Waals surface area contributed by atoms with E-state index in [2.05, 4.69) is 25.7 Å². The number of hydrogen-bond acceptors (Lipinski definition) is 5. The second-order valence-electron chi connectivity index (χ2n) is 8.31. The normalized spacial score (nSPS) is 22.0. The van der Waals surface area contributed by atoms with Crippen LogP contribution in [0.5, 0.6) is 11.5 Å². The van der Waals surface area contributed by atoms with Gasteiger partial charge in [-0.15, -0.1) is 0 Å². The molecule has 0 saturated carbocycles. The molecule has 0 saturated heterocycles. The van der Waals surface area contributed by atoms with E-state index in [0.29, 0.717) is 31.8 Å². The molecule has 2 aromatic rings. The van der Waals surface area contributed by atoms with Gasteiger partial charge in [-0.1, -0.05) is 36.4 Å². The second kappa shape index (κ2) is 8.90. The van der Waals surface area contributed by atoms with Crippen LogP contribution in [-0.4, -0.2) is 32.6 Å². The van der Waals surface area contributed by atoms with Gasteiger partial charge in [0.25, 0.3) is 0 Å². The number of para-hydroxylation sites is 2. The van der Waals surface area contributed by atoms with E-state index < -0.39 is 25.8 Å². The van der Waals surface area contributed by atoms with E-state index in [1.807, 2.05) is 48.5 Å². The molecule has 2 aromatic carbocycles. The summed E-state index contributed by atoms with van der Waals surface area (Å²) in [4.78, 5) is 10.9. The molecule has 0 bridgehead atoms. The molecule has 0 aromatic heterocycles. The van der Waals surface area contributed by atoms with Crippen LogP contribution in [0.1, 0.15) is 29.9 Å². The predicted octanol–water partition coefficient (Wildman–Crippen LogP) is 4.68. The number of benzene rings is 2.